The van der Waals surface area contributed by atoms with E-state index in [4.69, 9.17) is 9.47 Å². The third-order valence-corrected chi connectivity index (χ3v) is 6.19. The van der Waals surface area contributed by atoms with Gasteiger partial charge in [-0.2, -0.15) is 0 Å². The largest absolute Gasteiger partial charge is 0.379 e. The smallest absolute Gasteiger partial charge is 0.0815 e. The van der Waals surface area contributed by atoms with Gasteiger partial charge >= 0.3 is 0 Å². The van der Waals surface area contributed by atoms with Crippen LogP contribution in [0.3, 0.4) is 0 Å². The summed E-state index contributed by atoms with van der Waals surface area (Å²) in [6.45, 7) is 11.5. The van der Waals surface area contributed by atoms with Crippen molar-refractivity contribution in [3.63, 3.8) is 0 Å². The summed E-state index contributed by atoms with van der Waals surface area (Å²) >= 11 is 0. The van der Waals surface area contributed by atoms with Crippen LogP contribution in [0.1, 0.15) is 123 Å². The molecule has 186 valence electrons. The molecule has 0 saturated heterocycles. The zero-order valence-electron chi connectivity index (χ0n) is 22.0. The zero-order chi connectivity index (χ0) is 23.3. The van der Waals surface area contributed by atoms with Crippen LogP contribution in [-0.4, -0.2) is 19.3 Å². The number of benzene rings is 1. The molecule has 0 aliphatic carbocycles. The van der Waals surface area contributed by atoms with Gasteiger partial charge in [0.1, 0.15) is 0 Å². The van der Waals surface area contributed by atoms with E-state index in [1.807, 2.05) is 0 Å². The van der Waals surface area contributed by atoms with Gasteiger partial charge in [-0.05, 0) is 30.2 Å². The Labute approximate surface area is 200 Å². The lowest BCUT2D eigenvalue weighted by Gasteiger charge is -2.20. The van der Waals surface area contributed by atoms with Gasteiger partial charge in [-0.3, -0.25) is 0 Å². The van der Waals surface area contributed by atoms with E-state index >= 15 is 0 Å². The molecule has 1 atom stereocenters. The molecule has 0 bridgehead atoms. The molecule has 2 nitrogen and oxygen atoms in total. The van der Waals surface area contributed by atoms with E-state index in [-0.39, 0.29) is 6.10 Å². The summed E-state index contributed by atoms with van der Waals surface area (Å²) in [5.41, 5.74) is 1.24. The second-order valence-electron chi connectivity index (χ2n) is 10.5. The molecule has 0 spiro atoms. The third-order valence-electron chi connectivity index (χ3n) is 6.19. The highest BCUT2D eigenvalue weighted by Gasteiger charge is 2.12. The van der Waals surface area contributed by atoms with Crippen molar-refractivity contribution in [3.05, 3.63) is 35.9 Å². The van der Waals surface area contributed by atoms with E-state index in [0.29, 0.717) is 12.5 Å². The van der Waals surface area contributed by atoms with Crippen LogP contribution < -0.4 is 0 Å². The Morgan fingerprint density at radius 3 is 1.69 bits per heavy atom. The van der Waals surface area contributed by atoms with E-state index in [0.717, 1.165) is 25.6 Å². The highest BCUT2D eigenvalue weighted by molar-refractivity contribution is 5.13. The van der Waals surface area contributed by atoms with Gasteiger partial charge in [-0.25, -0.2) is 0 Å². The maximum Gasteiger partial charge on any atom is 0.0815 e. The fourth-order valence-electron chi connectivity index (χ4n) is 4.24. The molecule has 0 aliphatic heterocycles. The molecule has 0 aromatic heterocycles. The van der Waals surface area contributed by atoms with Gasteiger partial charge in [0.05, 0.1) is 19.3 Å². The summed E-state index contributed by atoms with van der Waals surface area (Å²) in [5.74, 6) is 1.51. The number of hydrogen-bond acceptors (Lipinski definition) is 2. The van der Waals surface area contributed by atoms with Crippen LogP contribution in [0.25, 0.3) is 0 Å². The van der Waals surface area contributed by atoms with Crippen molar-refractivity contribution < 1.29 is 9.47 Å². The first-order valence-electron chi connectivity index (χ1n) is 13.8. The Kier molecular flexibility index (Phi) is 18.9. The highest BCUT2D eigenvalue weighted by atomic mass is 16.5. The quantitative estimate of drug-likeness (QED) is 0.165. The molecule has 0 fully saturated rings. The Balaban J connectivity index is 1.90. The minimum absolute atomic E-state index is 0.199. The van der Waals surface area contributed by atoms with Crippen LogP contribution in [0.5, 0.6) is 0 Å². The Bertz CT molecular complexity index is 497. The molecule has 32 heavy (non-hydrogen) atoms. The Hall–Kier alpha value is -0.860. The minimum atomic E-state index is 0.199. The SMILES string of the molecule is CC(C)CCCCCCCCCCCCCCOCC(CC(C)C)OCc1ccccc1. The van der Waals surface area contributed by atoms with Gasteiger partial charge in [0.2, 0.25) is 0 Å². The standard InChI is InChI=1S/C30H54O2/c1-27(2)20-16-13-11-9-7-5-6-8-10-12-14-19-23-31-26-30(24-28(3)4)32-25-29-21-17-15-18-22-29/h15,17-18,21-22,27-28,30H,5-14,16,19-20,23-26H2,1-4H3. The predicted octanol–water partition coefficient (Wildman–Crippen LogP) is 9.36. The van der Waals surface area contributed by atoms with Crippen molar-refractivity contribution in [1.82, 2.24) is 0 Å². The molecule has 1 rings (SSSR count). The van der Waals surface area contributed by atoms with Crippen molar-refractivity contribution in [2.24, 2.45) is 11.8 Å². The number of unbranched alkanes of at least 4 members (excludes halogenated alkanes) is 11. The summed E-state index contributed by atoms with van der Waals surface area (Å²) in [4.78, 5) is 0. The van der Waals surface area contributed by atoms with Crippen LogP contribution in [0.2, 0.25) is 0 Å². The summed E-state index contributed by atoms with van der Waals surface area (Å²) in [6, 6.07) is 10.4. The van der Waals surface area contributed by atoms with Gasteiger partial charge in [-0.15, -0.1) is 0 Å². The van der Waals surface area contributed by atoms with Crippen molar-refractivity contribution in [2.75, 3.05) is 13.2 Å². The summed E-state index contributed by atoms with van der Waals surface area (Å²) in [7, 11) is 0. The maximum absolute atomic E-state index is 6.14. The molecule has 1 unspecified atom stereocenters. The molecular formula is C30H54O2. The van der Waals surface area contributed by atoms with Gasteiger partial charge in [0.15, 0.2) is 0 Å². The van der Waals surface area contributed by atoms with Crippen molar-refractivity contribution in [1.29, 1.82) is 0 Å². The van der Waals surface area contributed by atoms with E-state index in [9.17, 15) is 0 Å². The van der Waals surface area contributed by atoms with Gasteiger partial charge < -0.3 is 9.47 Å². The molecule has 1 aromatic rings. The molecule has 0 saturated carbocycles. The van der Waals surface area contributed by atoms with Gasteiger partial charge in [-0.1, -0.05) is 135 Å². The first kappa shape index (κ1) is 29.2. The first-order chi connectivity index (χ1) is 15.6. The van der Waals surface area contributed by atoms with Crippen molar-refractivity contribution in [2.45, 2.75) is 130 Å². The maximum atomic E-state index is 6.14. The van der Waals surface area contributed by atoms with E-state index < -0.39 is 0 Å². The lowest BCUT2D eigenvalue weighted by atomic mass is 10.0. The Morgan fingerprint density at radius 2 is 1.16 bits per heavy atom. The number of hydrogen-bond donors (Lipinski definition) is 0. The average Bonchev–Trinajstić information content (AvgIpc) is 2.77. The highest BCUT2D eigenvalue weighted by Crippen LogP contribution is 2.15. The molecule has 0 radical (unpaired) electrons. The monoisotopic (exact) mass is 446 g/mol. The number of rotatable bonds is 22. The normalized spacial score (nSPS) is 12.7. The molecule has 0 aliphatic rings. The molecule has 1 aromatic carbocycles. The van der Waals surface area contributed by atoms with E-state index in [1.54, 1.807) is 0 Å². The molecule has 0 N–H and O–H groups in total. The molecular weight excluding hydrogens is 392 g/mol. The first-order valence-corrected chi connectivity index (χ1v) is 13.8. The van der Waals surface area contributed by atoms with Gasteiger partial charge in [0, 0.05) is 6.61 Å². The van der Waals surface area contributed by atoms with Crippen LogP contribution in [0, 0.1) is 11.8 Å². The van der Waals surface area contributed by atoms with Crippen LogP contribution in [-0.2, 0) is 16.1 Å². The van der Waals surface area contributed by atoms with Crippen molar-refractivity contribution in [3.8, 4) is 0 Å². The topological polar surface area (TPSA) is 18.5 Å². The van der Waals surface area contributed by atoms with Crippen molar-refractivity contribution >= 4 is 0 Å². The van der Waals surface area contributed by atoms with E-state index in [2.05, 4.69) is 58.0 Å². The lowest BCUT2D eigenvalue weighted by Crippen LogP contribution is -2.22. The summed E-state index contributed by atoms with van der Waals surface area (Å²) in [5, 5.41) is 0. The molecule has 2 heteroatoms. The fraction of sp³-hybridized carbons (Fsp3) is 0.800. The number of ether oxygens (including phenoxy) is 2. The molecule has 0 heterocycles. The van der Waals surface area contributed by atoms with Gasteiger partial charge in [0.25, 0.3) is 0 Å². The summed E-state index contributed by atoms with van der Waals surface area (Å²) in [6.07, 6.45) is 19.4. The third kappa shape index (κ3) is 18.7. The summed E-state index contributed by atoms with van der Waals surface area (Å²) < 4.78 is 12.1. The predicted molar refractivity (Wildman–Crippen MR) is 140 cm³/mol. The second kappa shape index (κ2) is 20.7. The van der Waals surface area contributed by atoms with Crippen LogP contribution in [0.15, 0.2) is 30.3 Å². The van der Waals surface area contributed by atoms with Crippen LogP contribution >= 0.6 is 0 Å². The fourth-order valence-corrected chi connectivity index (χ4v) is 4.24. The minimum Gasteiger partial charge on any atom is -0.379 e. The zero-order valence-corrected chi connectivity index (χ0v) is 22.0. The lowest BCUT2D eigenvalue weighted by molar-refractivity contribution is -0.0346. The second-order valence-corrected chi connectivity index (χ2v) is 10.5. The van der Waals surface area contributed by atoms with Crippen LogP contribution in [0.4, 0.5) is 0 Å². The Morgan fingerprint density at radius 1 is 0.625 bits per heavy atom. The molecule has 0 amide bonds. The van der Waals surface area contributed by atoms with E-state index in [1.165, 1.54) is 89.0 Å². The average molecular weight is 447 g/mol.